The van der Waals surface area contributed by atoms with Crippen molar-refractivity contribution in [2.24, 2.45) is 0 Å². The Labute approximate surface area is 141 Å². The van der Waals surface area contributed by atoms with Crippen molar-refractivity contribution in [3.05, 3.63) is 53.5 Å². The van der Waals surface area contributed by atoms with Crippen LogP contribution in [0.1, 0.15) is 17.0 Å². The Balaban J connectivity index is 1.49. The standard InChI is InChI=1S/C19H22N4O/c1-14-3-4-18-17(11-14)19(5-6-20-18)23-9-7-22(8-10-23)13-16-12-15(2)21-24-16/h3-6,11-12H,7-10,13H2,1-2H3. The maximum absolute atomic E-state index is 5.34. The zero-order chi connectivity index (χ0) is 16.5. The fourth-order valence-corrected chi connectivity index (χ4v) is 3.38. The molecule has 1 aromatic carbocycles. The highest BCUT2D eigenvalue weighted by atomic mass is 16.5. The number of benzene rings is 1. The van der Waals surface area contributed by atoms with Gasteiger partial charge in [0.15, 0.2) is 5.76 Å². The van der Waals surface area contributed by atoms with Crippen molar-refractivity contribution in [1.82, 2.24) is 15.0 Å². The molecule has 4 rings (SSSR count). The summed E-state index contributed by atoms with van der Waals surface area (Å²) in [6, 6.07) is 10.6. The number of hydrogen-bond donors (Lipinski definition) is 0. The molecule has 0 atom stereocenters. The van der Waals surface area contributed by atoms with Crippen molar-refractivity contribution < 1.29 is 4.52 Å². The van der Waals surface area contributed by atoms with Crippen LogP contribution in [-0.2, 0) is 6.54 Å². The fourth-order valence-electron chi connectivity index (χ4n) is 3.38. The second-order valence-electron chi connectivity index (χ2n) is 6.55. The number of anilines is 1. The number of aryl methyl sites for hydroxylation is 2. The van der Waals surface area contributed by atoms with Crippen LogP contribution >= 0.6 is 0 Å². The molecule has 5 nitrogen and oxygen atoms in total. The van der Waals surface area contributed by atoms with Crippen LogP contribution in [0.15, 0.2) is 41.1 Å². The van der Waals surface area contributed by atoms with Gasteiger partial charge in [-0.2, -0.15) is 0 Å². The summed E-state index contributed by atoms with van der Waals surface area (Å²) in [4.78, 5) is 9.38. The van der Waals surface area contributed by atoms with E-state index in [1.807, 2.05) is 19.2 Å². The number of pyridine rings is 1. The molecule has 3 aromatic rings. The van der Waals surface area contributed by atoms with Crippen molar-refractivity contribution in [2.75, 3.05) is 31.1 Å². The summed E-state index contributed by atoms with van der Waals surface area (Å²) in [7, 11) is 0. The minimum atomic E-state index is 0.838. The molecule has 0 saturated carbocycles. The topological polar surface area (TPSA) is 45.4 Å². The number of fused-ring (bicyclic) bond motifs is 1. The minimum absolute atomic E-state index is 0.838. The molecule has 0 amide bonds. The summed E-state index contributed by atoms with van der Waals surface area (Å²) in [6.07, 6.45) is 1.91. The first-order valence-electron chi connectivity index (χ1n) is 8.44. The van der Waals surface area contributed by atoms with E-state index in [1.54, 1.807) is 0 Å². The monoisotopic (exact) mass is 322 g/mol. The van der Waals surface area contributed by atoms with Gasteiger partial charge in [-0.1, -0.05) is 16.8 Å². The van der Waals surface area contributed by atoms with Gasteiger partial charge >= 0.3 is 0 Å². The highest BCUT2D eigenvalue weighted by Gasteiger charge is 2.20. The second-order valence-corrected chi connectivity index (χ2v) is 6.55. The van der Waals surface area contributed by atoms with E-state index in [0.717, 1.165) is 49.7 Å². The molecule has 3 heterocycles. The lowest BCUT2D eigenvalue weighted by molar-refractivity contribution is 0.219. The highest BCUT2D eigenvalue weighted by molar-refractivity contribution is 5.92. The largest absolute Gasteiger partial charge is 0.368 e. The van der Waals surface area contributed by atoms with Gasteiger partial charge in [0, 0.05) is 49.5 Å². The second kappa shape index (κ2) is 6.24. The van der Waals surface area contributed by atoms with Crippen LogP contribution in [0.25, 0.3) is 10.9 Å². The van der Waals surface area contributed by atoms with Crippen LogP contribution in [0.2, 0.25) is 0 Å². The average molecular weight is 322 g/mol. The van der Waals surface area contributed by atoms with E-state index in [4.69, 9.17) is 4.52 Å². The Morgan fingerprint density at radius 2 is 1.88 bits per heavy atom. The predicted molar refractivity (Wildman–Crippen MR) is 95.2 cm³/mol. The molecule has 1 fully saturated rings. The third-order valence-corrected chi connectivity index (χ3v) is 4.64. The van der Waals surface area contributed by atoms with Crippen molar-refractivity contribution in [1.29, 1.82) is 0 Å². The Morgan fingerprint density at radius 1 is 1.04 bits per heavy atom. The van der Waals surface area contributed by atoms with Gasteiger partial charge in [-0.25, -0.2) is 0 Å². The van der Waals surface area contributed by atoms with E-state index >= 15 is 0 Å². The van der Waals surface area contributed by atoms with Crippen molar-refractivity contribution in [3.8, 4) is 0 Å². The summed E-state index contributed by atoms with van der Waals surface area (Å²) >= 11 is 0. The van der Waals surface area contributed by atoms with Gasteiger partial charge in [-0.15, -0.1) is 0 Å². The van der Waals surface area contributed by atoms with E-state index in [1.165, 1.54) is 16.6 Å². The first-order chi connectivity index (χ1) is 11.7. The zero-order valence-corrected chi connectivity index (χ0v) is 14.2. The fraction of sp³-hybridized carbons (Fsp3) is 0.368. The van der Waals surface area contributed by atoms with E-state index < -0.39 is 0 Å². The van der Waals surface area contributed by atoms with E-state index in [9.17, 15) is 0 Å². The van der Waals surface area contributed by atoms with Crippen molar-refractivity contribution in [3.63, 3.8) is 0 Å². The van der Waals surface area contributed by atoms with Crippen molar-refractivity contribution in [2.45, 2.75) is 20.4 Å². The zero-order valence-electron chi connectivity index (χ0n) is 14.2. The molecule has 2 aromatic heterocycles. The normalized spacial score (nSPS) is 16.0. The molecule has 0 bridgehead atoms. The first-order valence-corrected chi connectivity index (χ1v) is 8.44. The Morgan fingerprint density at radius 3 is 2.62 bits per heavy atom. The van der Waals surface area contributed by atoms with Crippen LogP contribution in [0.3, 0.4) is 0 Å². The number of aromatic nitrogens is 2. The van der Waals surface area contributed by atoms with Crippen LogP contribution in [0.5, 0.6) is 0 Å². The van der Waals surface area contributed by atoms with Gasteiger partial charge in [0.1, 0.15) is 0 Å². The SMILES string of the molecule is Cc1ccc2nccc(N3CCN(Cc4cc(C)no4)CC3)c2c1. The summed E-state index contributed by atoms with van der Waals surface area (Å²) in [6.45, 7) is 9.00. The van der Waals surface area contributed by atoms with Crippen LogP contribution in [0.4, 0.5) is 5.69 Å². The molecule has 124 valence electrons. The molecule has 1 aliphatic heterocycles. The Hall–Kier alpha value is -2.40. The molecule has 0 unspecified atom stereocenters. The van der Waals surface area contributed by atoms with Crippen molar-refractivity contribution >= 4 is 16.6 Å². The van der Waals surface area contributed by atoms with Gasteiger partial charge in [0.05, 0.1) is 17.8 Å². The minimum Gasteiger partial charge on any atom is -0.368 e. The predicted octanol–water partition coefficient (Wildman–Crippen LogP) is 3.16. The molecular formula is C19H22N4O. The first kappa shape index (κ1) is 15.1. The molecule has 0 radical (unpaired) electrons. The maximum Gasteiger partial charge on any atom is 0.150 e. The summed E-state index contributed by atoms with van der Waals surface area (Å²) in [5, 5.41) is 5.22. The number of piperazine rings is 1. The Bertz CT molecular complexity index is 849. The van der Waals surface area contributed by atoms with Gasteiger partial charge in [-0.05, 0) is 32.0 Å². The molecule has 5 heteroatoms. The lowest BCUT2D eigenvalue weighted by Crippen LogP contribution is -2.46. The molecule has 24 heavy (non-hydrogen) atoms. The van der Waals surface area contributed by atoms with Gasteiger partial charge in [0.25, 0.3) is 0 Å². The molecular weight excluding hydrogens is 300 g/mol. The van der Waals surface area contributed by atoms with Crippen LogP contribution in [-0.4, -0.2) is 41.2 Å². The van der Waals surface area contributed by atoms with Gasteiger partial charge in [-0.3, -0.25) is 9.88 Å². The number of rotatable bonds is 3. The van der Waals surface area contributed by atoms with E-state index in [0.29, 0.717) is 0 Å². The van der Waals surface area contributed by atoms with Gasteiger partial charge < -0.3 is 9.42 Å². The molecule has 0 spiro atoms. The molecule has 1 saturated heterocycles. The van der Waals surface area contributed by atoms with E-state index in [-0.39, 0.29) is 0 Å². The molecule has 0 N–H and O–H groups in total. The lowest BCUT2D eigenvalue weighted by atomic mass is 10.1. The maximum atomic E-state index is 5.34. The third kappa shape index (κ3) is 2.99. The Kier molecular flexibility index (Phi) is 3.94. The van der Waals surface area contributed by atoms with Gasteiger partial charge in [0.2, 0.25) is 0 Å². The highest BCUT2D eigenvalue weighted by Crippen LogP contribution is 2.27. The lowest BCUT2D eigenvalue weighted by Gasteiger charge is -2.36. The van der Waals surface area contributed by atoms with E-state index in [2.05, 4.69) is 51.1 Å². The molecule has 0 aliphatic carbocycles. The number of hydrogen-bond acceptors (Lipinski definition) is 5. The summed E-state index contributed by atoms with van der Waals surface area (Å²) in [5.41, 5.74) is 4.58. The summed E-state index contributed by atoms with van der Waals surface area (Å²) in [5.74, 6) is 0.950. The average Bonchev–Trinajstić information content (AvgIpc) is 3.00. The molecule has 1 aliphatic rings. The quantitative estimate of drug-likeness (QED) is 0.741. The third-order valence-electron chi connectivity index (χ3n) is 4.64. The smallest absolute Gasteiger partial charge is 0.150 e. The number of nitrogens with zero attached hydrogens (tertiary/aromatic N) is 4. The van der Waals surface area contributed by atoms with Crippen LogP contribution < -0.4 is 4.90 Å². The van der Waals surface area contributed by atoms with Crippen LogP contribution in [0, 0.1) is 13.8 Å². The summed E-state index contributed by atoms with van der Waals surface area (Å²) < 4.78 is 5.34.